The third-order valence-electron chi connectivity index (χ3n) is 3.89. The quantitative estimate of drug-likeness (QED) is 0.757. The minimum atomic E-state index is -0.745. The standard InChI is InChI=1S/C21H18N2O4/c24-19-8-4-5-13-23(19)21(26)27-15-17-9-11-18(12-10-17)20(25)22-14-16-6-2-1-3-7-16/h1-13H,14-15H2,(H,22,25). The van der Waals surface area contributed by atoms with Gasteiger partial charge in [0.15, 0.2) is 0 Å². The summed E-state index contributed by atoms with van der Waals surface area (Å²) in [6.07, 6.45) is 0.607. The fraction of sp³-hybridized carbons (Fsp3) is 0.0952. The van der Waals surface area contributed by atoms with Crippen LogP contribution in [0.15, 0.2) is 83.8 Å². The molecule has 0 unspecified atom stereocenters. The second-order valence-electron chi connectivity index (χ2n) is 5.83. The van der Waals surface area contributed by atoms with Gasteiger partial charge in [-0.25, -0.2) is 9.36 Å². The van der Waals surface area contributed by atoms with Crippen LogP contribution in [-0.2, 0) is 17.9 Å². The van der Waals surface area contributed by atoms with E-state index in [4.69, 9.17) is 4.74 Å². The molecule has 3 rings (SSSR count). The maximum absolute atomic E-state index is 12.2. The number of rotatable bonds is 5. The summed E-state index contributed by atoms with van der Waals surface area (Å²) in [5, 5.41) is 2.85. The highest BCUT2D eigenvalue weighted by Gasteiger charge is 2.09. The molecular formula is C21H18N2O4. The summed E-state index contributed by atoms with van der Waals surface area (Å²) in [5.41, 5.74) is 1.80. The second kappa shape index (κ2) is 8.62. The van der Waals surface area contributed by atoms with E-state index >= 15 is 0 Å². The molecule has 0 aliphatic heterocycles. The number of carbonyl (C=O) groups is 2. The zero-order valence-electron chi connectivity index (χ0n) is 14.5. The van der Waals surface area contributed by atoms with Crippen molar-refractivity contribution in [2.75, 3.05) is 0 Å². The van der Waals surface area contributed by atoms with Gasteiger partial charge < -0.3 is 10.1 Å². The van der Waals surface area contributed by atoms with Gasteiger partial charge in [0.1, 0.15) is 6.61 Å². The van der Waals surface area contributed by atoms with E-state index < -0.39 is 11.7 Å². The lowest BCUT2D eigenvalue weighted by Crippen LogP contribution is -2.26. The van der Waals surface area contributed by atoms with Crippen molar-refractivity contribution in [3.8, 4) is 0 Å². The Labute approximate surface area is 156 Å². The average Bonchev–Trinajstić information content (AvgIpc) is 2.72. The smallest absolute Gasteiger partial charge is 0.421 e. The average molecular weight is 362 g/mol. The summed E-state index contributed by atoms with van der Waals surface area (Å²) in [6.45, 7) is 0.455. The van der Waals surface area contributed by atoms with Gasteiger partial charge in [0.25, 0.3) is 11.5 Å². The Morgan fingerprint density at radius 3 is 2.26 bits per heavy atom. The minimum absolute atomic E-state index is 0.00603. The summed E-state index contributed by atoms with van der Waals surface area (Å²) in [7, 11) is 0. The Bertz CT molecular complexity index is 979. The molecule has 1 heterocycles. The molecule has 0 aliphatic rings. The number of amides is 1. The number of benzene rings is 2. The largest absolute Gasteiger partial charge is 0.444 e. The third-order valence-corrected chi connectivity index (χ3v) is 3.89. The lowest BCUT2D eigenvalue weighted by Gasteiger charge is -2.08. The molecule has 1 N–H and O–H groups in total. The predicted molar refractivity (Wildman–Crippen MR) is 100 cm³/mol. The minimum Gasteiger partial charge on any atom is -0.444 e. The zero-order valence-corrected chi connectivity index (χ0v) is 14.5. The van der Waals surface area contributed by atoms with Gasteiger partial charge in [-0.3, -0.25) is 9.59 Å². The van der Waals surface area contributed by atoms with Gasteiger partial charge >= 0.3 is 6.09 Å². The normalized spacial score (nSPS) is 10.2. The monoisotopic (exact) mass is 362 g/mol. The third kappa shape index (κ3) is 4.92. The lowest BCUT2D eigenvalue weighted by atomic mass is 10.1. The van der Waals surface area contributed by atoms with Crippen molar-refractivity contribution in [1.29, 1.82) is 0 Å². The Kier molecular flexibility index (Phi) is 5.79. The first kappa shape index (κ1) is 18.1. The van der Waals surface area contributed by atoms with Crippen LogP contribution in [0, 0.1) is 0 Å². The number of aromatic nitrogens is 1. The molecule has 6 heteroatoms. The van der Waals surface area contributed by atoms with E-state index in [-0.39, 0.29) is 12.5 Å². The topological polar surface area (TPSA) is 77.4 Å². The molecule has 0 saturated heterocycles. The Morgan fingerprint density at radius 2 is 1.56 bits per heavy atom. The van der Waals surface area contributed by atoms with Gasteiger partial charge in [0, 0.05) is 24.4 Å². The summed E-state index contributed by atoms with van der Waals surface area (Å²) >= 11 is 0. The van der Waals surface area contributed by atoms with E-state index in [1.165, 1.54) is 12.3 Å². The summed E-state index contributed by atoms with van der Waals surface area (Å²) in [6, 6.07) is 20.8. The van der Waals surface area contributed by atoms with Crippen molar-refractivity contribution >= 4 is 12.0 Å². The number of hydrogen-bond acceptors (Lipinski definition) is 4. The van der Waals surface area contributed by atoms with Crippen molar-refractivity contribution in [3.63, 3.8) is 0 Å². The molecule has 0 atom stereocenters. The van der Waals surface area contributed by atoms with Crippen LogP contribution in [0.1, 0.15) is 21.5 Å². The molecular weight excluding hydrogens is 344 g/mol. The van der Waals surface area contributed by atoms with Gasteiger partial charge in [-0.2, -0.15) is 0 Å². The number of nitrogens with zero attached hydrogens (tertiary/aromatic N) is 1. The van der Waals surface area contributed by atoms with E-state index in [0.29, 0.717) is 17.7 Å². The first-order valence-corrected chi connectivity index (χ1v) is 8.39. The van der Waals surface area contributed by atoms with Crippen molar-refractivity contribution < 1.29 is 14.3 Å². The van der Waals surface area contributed by atoms with Crippen LogP contribution < -0.4 is 10.9 Å². The van der Waals surface area contributed by atoms with Gasteiger partial charge in [0.2, 0.25) is 0 Å². The summed E-state index contributed by atoms with van der Waals surface area (Å²) < 4.78 is 6.02. The maximum Gasteiger partial charge on any atom is 0.421 e. The molecule has 27 heavy (non-hydrogen) atoms. The highest BCUT2D eigenvalue weighted by molar-refractivity contribution is 5.94. The van der Waals surface area contributed by atoms with Crippen molar-refractivity contribution in [2.24, 2.45) is 0 Å². The molecule has 2 aromatic carbocycles. The first-order chi connectivity index (χ1) is 13.1. The molecule has 6 nitrogen and oxygen atoms in total. The summed E-state index contributed by atoms with van der Waals surface area (Å²) in [4.78, 5) is 35.7. The van der Waals surface area contributed by atoms with Crippen LogP contribution in [0.2, 0.25) is 0 Å². The molecule has 0 aliphatic carbocycles. The van der Waals surface area contributed by atoms with Gasteiger partial charge in [-0.1, -0.05) is 48.5 Å². The van der Waals surface area contributed by atoms with Crippen LogP contribution in [0.4, 0.5) is 4.79 Å². The second-order valence-corrected chi connectivity index (χ2v) is 5.83. The van der Waals surface area contributed by atoms with Crippen molar-refractivity contribution in [2.45, 2.75) is 13.2 Å². The highest BCUT2D eigenvalue weighted by atomic mass is 16.5. The van der Waals surface area contributed by atoms with E-state index in [1.807, 2.05) is 30.3 Å². The Balaban J connectivity index is 1.54. The number of nitrogens with one attached hydrogen (secondary N) is 1. The van der Waals surface area contributed by atoms with Gasteiger partial charge in [0.05, 0.1) is 0 Å². The number of ether oxygens (including phenoxy) is 1. The maximum atomic E-state index is 12.2. The molecule has 136 valence electrons. The SMILES string of the molecule is O=C(NCc1ccccc1)c1ccc(COC(=O)n2ccccc2=O)cc1. The molecule has 0 fully saturated rings. The lowest BCUT2D eigenvalue weighted by molar-refractivity contribution is 0.0950. The van der Waals surface area contributed by atoms with Crippen LogP contribution >= 0.6 is 0 Å². The number of hydrogen-bond donors (Lipinski definition) is 1. The van der Waals surface area contributed by atoms with E-state index in [2.05, 4.69) is 5.32 Å². The number of pyridine rings is 1. The van der Waals surface area contributed by atoms with Gasteiger partial charge in [-0.05, 0) is 29.3 Å². The van der Waals surface area contributed by atoms with E-state index in [1.54, 1.807) is 36.4 Å². The summed E-state index contributed by atoms with van der Waals surface area (Å²) in [5.74, 6) is -0.182. The predicted octanol–water partition coefficient (Wildman–Crippen LogP) is 2.96. The van der Waals surface area contributed by atoms with Crippen molar-refractivity contribution in [3.05, 3.63) is 106 Å². The van der Waals surface area contributed by atoms with E-state index in [0.717, 1.165) is 10.1 Å². The van der Waals surface area contributed by atoms with E-state index in [9.17, 15) is 14.4 Å². The molecule has 0 radical (unpaired) electrons. The van der Waals surface area contributed by atoms with Gasteiger partial charge in [-0.15, -0.1) is 0 Å². The molecule has 1 aromatic heterocycles. The molecule has 0 saturated carbocycles. The fourth-order valence-corrected chi connectivity index (χ4v) is 2.43. The fourth-order valence-electron chi connectivity index (χ4n) is 2.43. The Morgan fingerprint density at radius 1 is 0.852 bits per heavy atom. The first-order valence-electron chi connectivity index (χ1n) is 8.39. The Hall–Kier alpha value is -3.67. The highest BCUT2D eigenvalue weighted by Crippen LogP contribution is 2.07. The molecule has 1 amide bonds. The molecule has 3 aromatic rings. The van der Waals surface area contributed by atoms with Crippen LogP contribution in [0.25, 0.3) is 0 Å². The zero-order chi connectivity index (χ0) is 19.1. The van der Waals surface area contributed by atoms with Crippen LogP contribution in [-0.4, -0.2) is 16.6 Å². The van der Waals surface area contributed by atoms with Crippen molar-refractivity contribution in [1.82, 2.24) is 9.88 Å². The van der Waals surface area contributed by atoms with Crippen LogP contribution in [0.3, 0.4) is 0 Å². The van der Waals surface area contributed by atoms with Crippen LogP contribution in [0.5, 0.6) is 0 Å². The molecule has 0 bridgehead atoms. The molecule has 0 spiro atoms. The number of carbonyl (C=O) groups excluding carboxylic acids is 2.